The Bertz CT molecular complexity index is 291. The first kappa shape index (κ1) is 11.6. The molecule has 0 aromatic heterocycles. The monoisotopic (exact) mass is 210 g/mol. The summed E-state index contributed by atoms with van der Waals surface area (Å²) < 4.78 is 0. The minimum absolute atomic E-state index is 0.705. The van der Waals surface area contributed by atoms with Gasteiger partial charge in [0, 0.05) is 5.02 Å². The standard InChI is InChI=1S/C13H19Cl/c1-4-6-11(5-2)12-7-8-13(14)10(3)9-12/h7-9,11H,4-6H2,1-3H3. The van der Waals surface area contributed by atoms with Crippen LogP contribution in [0.3, 0.4) is 0 Å². The normalized spacial score (nSPS) is 12.9. The second kappa shape index (κ2) is 5.41. The molecule has 1 rings (SSSR count). The average molecular weight is 211 g/mol. The molecule has 0 heterocycles. The lowest BCUT2D eigenvalue weighted by atomic mass is 9.91. The summed E-state index contributed by atoms with van der Waals surface area (Å²) >= 11 is 6.01. The van der Waals surface area contributed by atoms with E-state index in [4.69, 9.17) is 11.6 Å². The highest BCUT2D eigenvalue weighted by atomic mass is 35.5. The Balaban J connectivity index is 2.88. The van der Waals surface area contributed by atoms with Gasteiger partial charge in [0.25, 0.3) is 0 Å². The quantitative estimate of drug-likeness (QED) is 0.660. The van der Waals surface area contributed by atoms with Gasteiger partial charge in [-0.05, 0) is 42.9 Å². The lowest BCUT2D eigenvalue weighted by Crippen LogP contribution is -1.97. The van der Waals surface area contributed by atoms with Crippen molar-refractivity contribution in [2.75, 3.05) is 0 Å². The van der Waals surface area contributed by atoms with Gasteiger partial charge in [-0.3, -0.25) is 0 Å². The largest absolute Gasteiger partial charge is 0.0841 e. The molecule has 1 heteroatoms. The van der Waals surface area contributed by atoms with Gasteiger partial charge >= 0.3 is 0 Å². The molecular formula is C13H19Cl. The molecule has 0 saturated heterocycles. The van der Waals surface area contributed by atoms with Crippen LogP contribution in [-0.4, -0.2) is 0 Å². The Morgan fingerprint density at radius 1 is 1.29 bits per heavy atom. The van der Waals surface area contributed by atoms with E-state index in [0.29, 0.717) is 5.92 Å². The number of aryl methyl sites for hydroxylation is 1. The van der Waals surface area contributed by atoms with Crippen LogP contribution >= 0.6 is 11.6 Å². The smallest absolute Gasteiger partial charge is 0.0435 e. The molecule has 0 aliphatic carbocycles. The molecule has 14 heavy (non-hydrogen) atoms. The summed E-state index contributed by atoms with van der Waals surface area (Å²) in [4.78, 5) is 0. The van der Waals surface area contributed by atoms with Gasteiger partial charge in [-0.15, -0.1) is 0 Å². The van der Waals surface area contributed by atoms with Crippen LogP contribution in [0.5, 0.6) is 0 Å². The Labute approximate surface area is 92.3 Å². The first-order valence-electron chi connectivity index (χ1n) is 5.45. The molecule has 0 amide bonds. The molecular weight excluding hydrogens is 192 g/mol. The number of rotatable bonds is 4. The summed E-state index contributed by atoms with van der Waals surface area (Å²) in [6, 6.07) is 6.41. The van der Waals surface area contributed by atoms with Crippen LogP contribution < -0.4 is 0 Å². The van der Waals surface area contributed by atoms with Crippen molar-refractivity contribution in [3.8, 4) is 0 Å². The van der Waals surface area contributed by atoms with Crippen LogP contribution in [-0.2, 0) is 0 Å². The third-order valence-corrected chi connectivity index (χ3v) is 3.21. The van der Waals surface area contributed by atoms with Gasteiger partial charge in [0.2, 0.25) is 0 Å². The van der Waals surface area contributed by atoms with Crippen molar-refractivity contribution in [2.24, 2.45) is 0 Å². The van der Waals surface area contributed by atoms with Gasteiger partial charge in [-0.2, -0.15) is 0 Å². The highest BCUT2D eigenvalue weighted by Gasteiger charge is 2.08. The van der Waals surface area contributed by atoms with E-state index >= 15 is 0 Å². The summed E-state index contributed by atoms with van der Waals surface area (Å²) in [6.45, 7) is 6.57. The molecule has 0 N–H and O–H groups in total. The third kappa shape index (κ3) is 2.75. The highest BCUT2D eigenvalue weighted by Crippen LogP contribution is 2.27. The molecule has 0 aliphatic heterocycles. The van der Waals surface area contributed by atoms with E-state index in [-0.39, 0.29) is 0 Å². The predicted molar refractivity (Wildman–Crippen MR) is 64.1 cm³/mol. The molecule has 1 aromatic rings. The maximum absolute atomic E-state index is 6.01. The molecule has 1 aromatic carbocycles. The maximum Gasteiger partial charge on any atom is 0.0435 e. The van der Waals surface area contributed by atoms with Gasteiger partial charge in [-0.1, -0.05) is 44.0 Å². The van der Waals surface area contributed by atoms with Crippen LogP contribution in [0.25, 0.3) is 0 Å². The van der Waals surface area contributed by atoms with Crippen LogP contribution in [0, 0.1) is 6.92 Å². The van der Waals surface area contributed by atoms with Crippen LogP contribution in [0.15, 0.2) is 18.2 Å². The minimum atomic E-state index is 0.705. The van der Waals surface area contributed by atoms with E-state index < -0.39 is 0 Å². The van der Waals surface area contributed by atoms with Gasteiger partial charge < -0.3 is 0 Å². The molecule has 0 fully saturated rings. The molecule has 0 spiro atoms. The fourth-order valence-corrected chi connectivity index (χ4v) is 1.99. The lowest BCUT2D eigenvalue weighted by Gasteiger charge is -2.15. The molecule has 78 valence electrons. The van der Waals surface area contributed by atoms with E-state index in [1.54, 1.807) is 0 Å². The molecule has 0 bridgehead atoms. The van der Waals surface area contributed by atoms with Gasteiger partial charge in [0.05, 0.1) is 0 Å². The van der Waals surface area contributed by atoms with Crippen molar-refractivity contribution in [3.05, 3.63) is 34.3 Å². The summed E-state index contributed by atoms with van der Waals surface area (Å²) in [7, 11) is 0. The zero-order chi connectivity index (χ0) is 10.6. The fourth-order valence-electron chi connectivity index (χ4n) is 1.88. The molecule has 0 aliphatic rings. The Morgan fingerprint density at radius 2 is 2.00 bits per heavy atom. The Morgan fingerprint density at radius 3 is 2.50 bits per heavy atom. The summed E-state index contributed by atoms with van der Waals surface area (Å²) in [6.07, 6.45) is 3.74. The van der Waals surface area contributed by atoms with E-state index in [1.165, 1.54) is 30.4 Å². The molecule has 1 atom stereocenters. The number of hydrogen-bond donors (Lipinski definition) is 0. The van der Waals surface area contributed by atoms with Gasteiger partial charge in [0.15, 0.2) is 0 Å². The van der Waals surface area contributed by atoms with E-state index in [0.717, 1.165) is 5.02 Å². The first-order valence-corrected chi connectivity index (χ1v) is 5.82. The third-order valence-electron chi connectivity index (χ3n) is 2.78. The van der Waals surface area contributed by atoms with Gasteiger partial charge in [-0.25, -0.2) is 0 Å². The topological polar surface area (TPSA) is 0 Å². The van der Waals surface area contributed by atoms with Crippen molar-refractivity contribution < 1.29 is 0 Å². The molecule has 0 saturated carbocycles. The molecule has 0 nitrogen and oxygen atoms in total. The van der Waals surface area contributed by atoms with E-state index in [9.17, 15) is 0 Å². The van der Waals surface area contributed by atoms with Gasteiger partial charge in [0.1, 0.15) is 0 Å². The number of benzene rings is 1. The molecule has 0 radical (unpaired) electrons. The Hall–Kier alpha value is -0.490. The van der Waals surface area contributed by atoms with E-state index in [2.05, 4.69) is 32.9 Å². The zero-order valence-electron chi connectivity index (χ0n) is 9.31. The van der Waals surface area contributed by atoms with Crippen LogP contribution in [0.1, 0.15) is 50.2 Å². The summed E-state index contributed by atoms with van der Waals surface area (Å²) in [5.74, 6) is 0.705. The average Bonchev–Trinajstić information content (AvgIpc) is 2.19. The highest BCUT2D eigenvalue weighted by molar-refractivity contribution is 6.31. The van der Waals surface area contributed by atoms with Crippen LogP contribution in [0.4, 0.5) is 0 Å². The van der Waals surface area contributed by atoms with Crippen LogP contribution in [0.2, 0.25) is 5.02 Å². The van der Waals surface area contributed by atoms with Crippen molar-refractivity contribution in [3.63, 3.8) is 0 Å². The second-order valence-corrected chi connectivity index (χ2v) is 4.31. The summed E-state index contributed by atoms with van der Waals surface area (Å²) in [5.41, 5.74) is 2.63. The first-order chi connectivity index (χ1) is 6.69. The zero-order valence-corrected chi connectivity index (χ0v) is 10.1. The minimum Gasteiger partial charge on any atom is -0.0841 e. The summed E-state index contributed by atoms with van der Waals surface area (Å²) in [5, 5.41) is 0.875. The Kier molecular flexibility index (Phi) is 4.47. The van der Waals surface area contributed by atoms with Crippen molar-refractivity contribution in [1.29, 1.82) is 0 Å². The van der Waals surface area contributed by atoms with Crippen molar-refractivity contribution in [2.45, 2.75) is 46.0 Å². The predicted octanol–water partition coefficient (Wildman–Crippen LogP) is 4.94. The van der Waals surface area contributed by atoms with Crippen molar-refractivity contribution in [1.82, 2.24) is 0 Å². The second-order valence-electron chi connectivity index (χ2n) is 3.90. The lowest BCUT2D eigenvalue weighted by molar-refractivity contribution is 0.595. The number of hydrogen-bond acceptors (Lipinski definition) is 0. The SMILES string of the molecule is CCCC(CC)c1ccc(Cl)c(C)c1. The fraction of sp³-hybridized carbons (Fsp3) is 0.538. The molecule has 1 unspecified atom stereocenters. The van der Waals surface area contributed by atoms with Crippen molar-refractivity contribution >= 4 is 11.6 Å². The number of halogens is 1. The van der Waals surface area contributed by atoms with E-state index in [1.807, 2.05) is 6.07 Å². The maximum atomic E-state index is 6.01.